The smallest absolute Gasteiger partial charge is 0.231 e. The number of rotatable bonds is 4. The van der Waals surface area contributed by atoms with Gasteiger partial charge in [0.15, 0.2) is 0 Å². The summed E-state index contributed by atoms with van der Waals surface area (Å²) in [5.41, 5.74) is 0.958. The second-order valence-corrected chi connectivity index (χ2v) is 4.69. The summed E-state index contributed by atoms with van der Waals surface area (Å²) in [6, 6.07) is 0. The number of aromatic amines is 1. The molecular weight excluding hydrogens is 266 g/mol. The Labute approximate surface area is 115 Å². The van der Waals surface area contributed by atoms with Gasteiger partial charge in [0.1, 0.15) is 0 Å². The molecule has 1 aliphatic heterocycles. The minimum Gasteiger partial charge on any atom is -0.348 e. The predicted octanol–water partition coefficient (Wildman–Crippen LogP) is 1.46. The molecule has 2 N–H and O–H groups in total. The third-order valence-corrected chi connectivity index (χ3v) is 3.15. The van der Waals surface area contributed by atoms with Gasteiger partial charge in [-0.3, -0.25) is 0 Å². The summed E-state index contributed by atoms with van der Waals surface area (Å²) in [5.74, 6) is 1.13. The van der Waals surface area contributed by atoms with E-state index in [4.69, 9.17) is 11.6 Å². The topological polar surface area (TPSA) is 82.6 Å². The van der Waals surface area contributed by atoms with Gasteiger partial charge in [0.05, 0.1) is 18.6 Å². The van der Waals surface area contributed by atoms with E-state index in [9.17, 15) is 0 Å². The largest absolute Gasteiger partial charge is 0.348 e. The zero-order valence-electron chi connectivity index (χ0n) is 10.3. The first-order valence-corrected chi connectivity index (χ1v) is 6.57. The van der Waals surface area contributed by atoms with Crippen LogP contribution in [0.5, 0.6) is 0 Å². The first kappa shape index (κ1) is 12.2. The lowest BCUT2D eigenvalue weighted by atomic mass is 10.4. The summed E-state index contributed by atoms with van der Waals surface area (Å²) in [6.45, 7) is 2.51. The zero-order chi connectivity index (χ0) is 13.1. The van der Waals surface area contributed by atoms with Gasteiger partial charge < -0.3 is 15.2 Å². The zero-order valence-corrected chi connectivity index (χ0v) is 11.1. The van der Waals surface area contributed by atoms with Crippen LogP contribution in [0, 0.1) is 0 Å². The maximum Gasteiger partial charge on any atom is 0.231 e. The molecule has 0 radical (unpaired) electrons. The second-order valence-electron chi connectivity index (χ2n) is 4.35. The molecule has 19 heavy (non-hydrogen) atoms. The normalized spacial score (nSPS) is 14.9. The Kier molecular flexibility index (Phi) is 3.45. The molecule has 3 heterocycles. The van der Waals surface area contributed by atoms with Crippen LogP contribution in [0.4, 0.5) is 11.9 Å². The van der Waals surface area contributed by atoms with Crippen molar-refractivity contribution in [2.24, 2.45) is 0 Å². The SMILES string of the molecule is Clc1nc(NCc2cnc[nH]2)nc(N2CCCC2)n1. The monoisotopic (exact) mass is 279 g/mol. The van der Waals surface area contributed by atoms with Gasteiger partial charge in [0.25, 0.3) is 0 Å². The van der Waals surface area contributed by atoms with Crippen molar-refractivity contribution in [3.8, 4) is 0 Å². The molecule has 2 aromatic heterocycles. The van der Waals surface area contributed by atoms with E-state index in [2.05, 4.69) is 35.1 Å². The number of halogens is 1. The van der Waals surface area contributed by atoms with Crippen molar-refractivity contribution < 1.29 is 0 Å². The molecule has 8 heteroatoms. The first-order valence-electron chi connectivity index (χ1n) is 6.19. The van der Waals surface area contributed by atoms with Crippen molar-refractivity contribution in [3.05, 3.63) is 23.5 Å². The van der Waals surface area contributed by atoms with E-state index in [1.807, 2.05) is 0 Å². The molecule has 0 saturated carbocycles. The van der Waals surface area contributed by atoms with Gasteiger partial charge in [0, 0.05) is 19.3 Å². The Balaban J connectivity index is 1.73. The average Bonchev–Trinajstić information content (AvgIpc) is 3.09. The van der Waals surface area contributed by atoms with Gasteiger partial charge in [-0.15, -0.1) is 0 Å². The highest BCUT2D eigenvalue weighted by Gasteiger charge is 2.16. The summed E-state index contributed by atoms with van der Waals surface area (Å²) in [4.78, 5) is 21.7. The predicted molar refractivity (Wildman–Crippen MR) is 72.2 cm³/mol. The third kappa shape index (κ3) is 2.93. The Morgan fingerprint density at radius 2 is 2.11 bits per heavy atom. The molecule has 0 bridgehead atoms. The maximum atomic E-state index is 5.94. The molecule has 0 aromatic carbocycles. The van der Waals surface area contributed by atoms with Crippen molar-refractivity contribution in [1.82, 2.24) is 24.9 Å². The van der Waals surface area contributed by atoms with Gasteiger partial charge in [-0.05, 0) is 24.4 Å². The minimum atomic E-state index is 0.212. The highest BCUT2D eigenvalue weighted by atomic mass is 35.5. The van der Waals surface area contributed by atoms with Crippen molar-refractivity contribution in [2.45, 2.75) is 19.4 Å². The van der Waals surface area contributed by atoms with Gasteiger partial charge in [-0.2, -0.15) is 15.0 Å². The fourth-order valence-electron chi connectivity index (χ4n) is 2.03. The van der Waals surface area contributed by atoms with Crippen LogP contribution in [0.25, 0.3) is 0 Å². The summed E-state index contributed by atoms with van der Waals surface area (Å²) >= 11 is 5.94. The van der Waals surface area contributed by atoms with Crippen LogP contribution in [0.3, 0.4) is 0 Å². The number of H-pyrrole nitrogens is 1. The molecule has 1 saturated heterocycles. The van der Waals surface area contributed by atoms with Crippen molar-refractivity contribution >= 4 is 23.5 Å². The maximum absolute atomic E-state index is 5.94. The molecule has 1 aliphatic rings. The fraction of sp³-hybridized carbons (Fsp3) is 0.455. The number of imidazole rings is 1. The molecule has 7 nitrogen and oxygen atoms in total. The minimum absolute atomic E-state index is 0.212. The quantitative estimate of drug-likeness (QED) is 0.882. The molecule has 100 valence electrons. The van der Waals surface area contributed by atoms with E-state index < -0.39 is 0 Å². The van der Waals surface area contributed by atoms with E-state index in [-0.39, 0.29) is 5.28 Å². The standard InChI is InChI=1S/C11H14ClN7/c12-9-16-10(14-6-8-5-13-7-15-8)18-11(17-9)19-3-1-2-4-19/h5,7H,1-4,6H2,(H,13,15)(H,14,16,17,18). The van der Waals surface area contributed by atoms with Crippen LogP contribution in [0.2, 0.25) is 5.28 Å². The van der Waals surface area contributed by atoms with Gasteiger partial charge in [-0.25, -0.2) is 4.98 Å². The summed E-state index contributed by atoms with van der Waals surface area (Å²) < 4.78 is 0. The fourth-order valence-corrected chi connectivity index (χ4v) is 2.19. The molecule has 1 fully saturated rings. The van der Waals surface area contributed by atoms with Crippen LogP contribution in [0.1, 0.15) is 18.5 Å². The van der Waals surface area contributed by atoms with Crippen LogP contribution in [-0.4, -0.2) is 38.0 Å². The number of hydrogen-bond acceptors (Lipinski definition) is 6. The van der Waals surface area contributed by atoms with E-state index in [1.165, 1.54) is 12.8 Å². The van der Waals surface area contributed by atoms with Gasteiger partial charge >= 0.3 is 0 Å². The number of nitrogens with zero attached hydrogens (tertiary/aromatic N) is 5. The van der Waals surface area contributed by atoms with Crippen LogP contribution in [-0.2, 0) is 6.54 Å². The van der Waals surface area contributed by atoms with Crippen molar-refractivity contribution in [1.29, 1.82) is 0 Å². The number of hydrogen-bond donors (Lipinski definition) is 2. The van der Waals surface area contributed by atoms with Gasteiger partial charge in [-0.1, -0.05) is 0 Å². The molecule has 0 spiro atoms. The van der Waals surface area contributed by atoms with Crippen LogP contribution >= 0.6 is 11.6 Å². The highest BCUT2D eigenvalue weighted by molar-refractivity contribution is 6.28. The molecule has 0 aliphatic carbocycles. The molecular formula is C11H14ClN7. The number of anilines is 2. The highest BCUT2D eigenvalue weighted by Crippen LogP contribution is 2.18. The summed E-state index contributed by atoms with van der Waals surface area (Å²) in [6.07, 6.45) is 5.71. The summed E-state index contributed by atoms with van der Waals surface area (Å²) in [5, 5.41) is 3.32. The van der Waals surface area contributed by atoms with Crippen molar-refractivity contribution in [3.63, 3.8) is 0 Å². The van der Waals surface area contributed by atoms with E-state index in [1.54, 1.807) is 12.5 Å². The molecule has 0 unspecified atom stereocenters. The molecule has 0 amide bonds. The number of nitrogens with one attached hydrogen (secondary N) is 2. The van der Waals surface area contributed by atoms with E-state index in [0.29, 0.717) is 18.4 Å². The van der Waals surface area contributed by atoms with E-state index >= 15 is 0 Å². The summed E-state index contributed by atoms with van der Waals surface area (Å²) in [7, 11) is 0. The third-order valence-electron chi connectivity index (χ3n) is 2.98. The first-order chi connectivity index (χ1) is 9.31. The Morgan fingerprint density at radius 3 is 2.84 bits per heavy atom. The molecule has 2 aromatic rings. The number of aromatic nitrogens is 5. The lowest BCUT2D eigenvalue weighted by Gasteiger charge is -2.15. The Morgan fingerprint density at radius 1 is 1.26 bits per heavy atom. The lowest BCUT2D eigenvalue weighted by Crippen LogP contribution is -2.21. The molecule has 3 rings (SSSR count). The van der Waals surface area contributed by atoms with Crippen LogP contribution < -0.4 is 10.2 Å². The average molecular weight is 280 g/mol. The van der Waals surface area contributed by atoms with Crippen molar-refractivity contribution in [2.75, 3.05) is 23.3 Å². The van der Waals surface area contributed by atoms with Gasteiger partial charge in [0.2, 0.25) is 17.2 Å². The molecule has 0 atom stereocenters. The van der Waals surface area contributed by atoms with Crippen LogP contribution in [0.15, 0.2) is 12.5 Å². The van der Waals surface area contributed by atoms with E-state index in [0.717, 1.165) is 18.8 Å². The second kappa shape index (κ2) is 5.40. The Bertz CT molecular complexity index is 536. The Hall–Kier alpha value is -1.89. The lowest BCUT2D eigenvalue weighted by molar-refractivity contribution is 0.874.